The molecule has 1 atom stereocenters. The van der Waals surface area contributed by atoms with Crippen molar-refractivity contribution in [2.45, 2.75) is 33.1 Å². The van der Waals surface area contributed by atoms with Crippen molar-refractivity contribution in [2.24, 2.45) is 0 Å². The summed E-state index contributed by atoms with van der Waals surface area (Å²) in [5.74, 6) is 1.11. The van der Waals surface area contributed by atoms with Gasteiger partial charge in [0, 0.05) is 69.2 Å². The zero-order chi connectivity index (χ0) is 19.8. The van der Waals surface area contributed by atoms with Gasteiger partial charge in [-0.3, -0.25) is 9.78 Å². The average molecular weight is 383 g/mol. The number of anilines is 1. The number of amides is 1. The molecule has 28 heavy (non-hydrogen) atoms. The molecule has 0 N–H and O–H groups in total. The predicted octanol–water partition coefficient (Wildman–Crippen LogP) is 2.38. The van der Waals surface area contributed by atoms with E-state index in [-0.39, 0.29) is 11.8 Å². The number of carbonyl (C=O) groups excluding carboxylic acids is 1. The average Bonchev–Trinajstić information content (AvgIpc) is 3.28. The second kappa shape index (κ2) is 7.54. The van der Waals surface area contributed by atoms with Crippen LogP contribution >= 0.6 is 0 Å². The number of likely N-dealkylation sites (tertiary alicyclic amines) is 1. The fourth-order valence-corrected chi connectivity index (χ4v) is 4.19. The number of hydrogen-bond acceptors (Lipinski definition) is 6. The molecular weight excluding hydrogens is 354 g/mol. The standard InChI is InChI=1S/C21H29N5O2/c1-14-11-18(25-9-7-24(4)8-10-25)12-19(22-14)17-5-6-26(13-17)21(27)20-15(2)23-16(3)28-20/h11-12,17H,5-10,13H2,1-4H3/t17-/m0/s1. The summed E-state index contributed by atoms with van der Waals surface area (Å²) in [5.41, 5.74) is 4.05. The molecular formula is C21H29N5O2. The van der Waals surface area contributed by atoms with Crippen LogP contribution in [0, 0.1) is 20.8 Å². The highest BCUT2D eigenvalue weighted by atomic mass is 16.4. The maximum atomic E-state index is 12.8. The number of piperazine rings is 1. The summed E-state index contributed by atoms with van der Waals surface area (Å²) < 4.78 is 5.53. The Bertz CT molecular complexity index is 870. The predicted molar refractivity (Wildman–Crippen MR) is 108 cm³/mol. The number of aryl methyl sites for hydroxylation is 3. The number of oxazole rings is 1. The number of likely N-dealkylation sites (N-methyl/N-ethyl adjacent to an activating group) is 1. The minimum atomic E-state index is -0.0625. The Morgan fingerprint density at radius 1 is 1.07 bits per heavy atom. The molecule has 7 heteroatoms. The van der Waals surface area contributed by atoms with E-state index < -0.39 is 0 Å². The first kappa shape index (κ1) is 18.9. The first-order valence-corrected chi connectivity index (χ1v) is 10.1. The molecule has 2 aromatic rings. The Morgan fingerprint density at radius 3 is 2.50 bits per heavy atom. The van der Waals surface area contributed by atoms with Gasteiger partial charge in [-0.25, -0.2) is 4.98 Å². The molecule has 0 saturated carbocycles. The van der Waals surface area contributed by atoms with E-state index in [1.54, 1.807) is 6.92 Å². The third-order valence-corrected chi connectivity index (χ3v) is 5.82. The number of aromatic nitrogens is 2. The van der Waals surface area contributed by atoms with Crippen LogP contribution in [0.5, 0.6) is 0 Å². The monoisotopic (exact) mass is 383 g/mol. The molecule has 4 heterocycles. The van der Waals surface area contributed by atoms with Gasteiger partial charge in [-0.15, -0.1) is 0 Å². The van der Waals surface area contributed by atoms with Crippen LogP contribution in [0.4, 0.5) is 5.69 Å². The Hall–Kier alpha value is -2.41. The van der Waals surface area contributed by atoms with Crippen LogP contribution in [0.25, 0.3) is 0 Å². The summed E-state index contributed by atoms with van der Waals surface area (Å²) in [6, 6.07) is 4.40. The lowest BCUT2D eigenvalue weighted by molar-refractivity contribution is 0.0756. The maximum absolute atomic E-state index is 12.8. The molecule has 2 fully saturated rings. The van der Waals surface area contributed by atoms with Gasteiger partial charge >= 0.3 is 0 Å². The van der Waals surface area contributed by atoms with E-state index in [4.69, 9.17) is 9.40 Å². The van der Waals surface area contributed by atoms with Crippen LogP contribution in [0.3, 0.4) is 0 Å². The van der Waals surface area contributed by atoms with E-state index in [1.807, 2.05) is 11.8 Å². The molecule has 150 valence electrons. The smallest absolute Gasteiger partial charge is 0.291 e. The van der Waals surface area contributed by atoms with Gasteiger partial charge in [-0.1, -0.05) is 0 Å². The Labute approximate surface area is 166 Å². The van der Waals surface area contributed by atoms with Crippen molar-refractivity contribution >= 4 is 11.6 Å². The fourth-order valence-electron chi connectivity index (χ4n) is 4.19. The molecule has 2 aliphatic heterocycles. The molecule has 0 unspecified atom stereocenters. The molecule has 0 bridgehead atoms. The second-order valence-corrected chi connectivity index (χ2v) is 8.07. The molecule has 2 aliphatic rings. The normalized spacial score (nSPS) is 20.8. The van der Waals surface area contributed by atoms with Crippen molar-refractivity contribution in [3.05, 3.63) is 40.9 Å². The van der Waals surface area contributed by atoms with Crippen molar-refractivity contribution < 1.29 is 9.21 Å². The van der Waals surface area contributed by atoms with Gasteiger partial charge in [-0.2, -0.15) is 0 Å². The second-order valence-electron chi connectivity index (χ2n) is 8.07. The minimum Gasteiger partial charge on any atom is -0.436 e. The van der Waals surface area contributed by atoms with E-state index in [2.05, 4.69) is 40.9 Å². The Balaban J connectivity index is 1.49. The van der Waals surface area contributed by atoms with Crippen molar-refractivity contribution in [1.29, 1.82) is 0 Å². The third kappa shape index (κ3) is 3.76. The van der Waals surface area contributed by atoms with E-state index in [0.717, 1.165) is 50.5 Å². The molecule has 0 spiro atoms. The number of nitrogens with zero attached hydrogens (tertiary/aromatic N) is 5. The summed E-state index contributed by atoms with van der Waals surface area (Å²) >= 11 is 0. The topological polar surface area (TPSA) is 65.7 Å². The van der Waals surface area contributed by atoms with E-state index in [1.165, 1.54) is 5.69 Å². The van der Waals surface area contributed by atoms with Gasteiger partial charge in [0.2, 0.25) is 5.76 Å². The number of rotatable bonds is 3. The van der Waals surface area contributed by atoms with Crippen molar-refractivity contribution in [1.82, 2.24) is 19.8 Å². The van der Waals surface area contributed by atoms with Crippen LogP contribution in [-0.4, -0.2) is 72.0 Å². The summed E-state index contributed by atoms with van der Waals surface area (Å²) in [5, 5.41) is 0. The third-order valence-electron chi connectivity index (χ3n) is 5.82. The van der Waals surface area contributed by atoms with Crippen LogP contribution in [-0.2, 0) is 0 Å². The molecule has 7 nitrogen and oxygen atoms in total. The largest absolute Gasteiger partial charge is 0.436 e. The lowest BCUT2D eigenvalue weighted by Crippen LogP contribution is -2.44. The van der Waals surface area contributed by atoms with E-state index >= 15 is 0 Å². The number of hydrogen-bond donors (Lipinski definition) is 0. The quantitative estimate of drug-likeness (QED) is 0.811. The van der Waals surface area contributed by atoms with Gasteiger partial charge in [0.25, 0.3) is 5.91 Å². The highest BCUT2D eigenvalue weighted by Gasteiger charge is 2.32. The minimum absolute atomic E-state index is 0.0625. The molecule has 4 rings (SSSR count). The van der Waals surface area contributed by atoms with Gasteiger partial charge in [-0.05, 0) is 39.4 Å². The zero-order valence-electron chi connectivity index (χ0n) is 17.2. The first-order valence-electron chi connectivity index (χ1n) is 10.1. The lowest BCUT2D eigenvalue weighted by Gasteiger charge is -2.34. The summed E-state index contributed by atoms with van der Waals surface area (Å²) in [6.07, 6.45) is 0.927. The number of pyridine rings is 1. The number of carbonyl (C=O) groups is 1. The van der Waals surface area contributed by atoms with Crippen molar-refractivity contribution in [3.63, 3.8) is 0 Å². The summed E-state index contributed by atoms with van der Waals surface area (Å²) in [7, 11) is 2.17. The van der Waals surface area contributed by atoms with Gasteiger partial charge < -0.3 is 19.1 Å². The molecule has 0 radical (unpaired) electrons. The molecule has 0 aromatic carbocycles. The molecule has 0 aliphatic carbocycles. The van der Waals surface area contributed by atoms with Crippen LogP contribution in [0.15, 0.2) is 16.5 Å². The SMILES string of the molecule is Cc1cc(N2CCN(C)CC2)cc([C@H]2CCN(C(=O)c3oc(C)nc3C)C2)n1. The van der Waals surface area contributed by atoms with Gasteiger partial charge in [0.15, 0.2) is 5.89 Å². The van der Waals surface area contributed by atoms with E-state index in [0.29, 0.717) is 23.9 Å². The maximum Gasteiger partial charge on any atom is 0.291 e. The lowest BCUT2D eigenvalue weighted by atomic mass is 10.0. The van der Waals surface area contributed by atoms with Crippen LogP contribution in [0.1, 0.15) is 45.9 Å². The van der Waals surface area contributed by atoms with Crippen molar-refractivity contribution in [2.75, 3.05) is 51.2 Å². The zero-order valence-corrected chi connectivity index (χ0v) is 17.2. The highest BCUT2D eigenvalue weighted by molar-refractivity contribution is 5.92. The van der Waals surface area contributed by atoms with Crippen molar-refractivity contribution in [3.8, 4) is 0 Å². The highest BCUT2D eigenvalue weighted by Crippen LogP contribution is 2.30. The van der Waals surface area contributed by atoms with Gasteiger partial charge in [0.1, 0.15) is 0 Å². The Morgan fingerprint density at radius 2 is 1.82 bits per heavy atom. The first-order chi connectivity index (χ1) is 13.4. The van der Waals surface area contributed by atoms with Gasteiger partial charge in [0.05, 0.1) is 5.69 Å². The van der Waals surface area contributed by atoms with Crippen LogP contribution < -0.4 is 4.90 Å². The molecule has 2 aromatic heterocycles. The summed E-state index contributed by atoms with van der Waals surface area (Å²) in [6.45, 7) is 11.3. The molecule has 1 amide bonds. The van der Waals surface area contributed by atoms with Crippen LogP contribution in [0.2, 0.25) is 0 Å². The van der Waals surface area contributed by atoms with E-state index in [9.17, 15) is 4.79 Å². The summed E-state index contributed by atoms with van der Waals surface area (Å²) in [4.78, 5) is 28.5. The Kier molecular flexibility index (Phi) is 5.10. The molecule has 2 saturated heterocycles. The fraction of sp³-hybridized carbons (Fsp3) is 0.571.